The van der Waals surface area contributed by atoms with E-state index in [1.807, 2.05) is 0 Å². The van der Waals surface area contributed by atoms with Gasteiger partial charge in [-0.05, 0) is 36.8 Å². The van der Waals surface area contributed by atoms with Crippen LogP contribution < -0.4 is 5.32 Å². The predicted molar refractivity (Wildman–Crippen MR) is 89.7 cm³/mol. The number of hydrogen-bond acceptors (Lipinski definition) is 4. The van der Waals surface area contributed by atoms with E-state index in [1.54, 1.807) is 24.5 Å². The van der Waals surface area contributed by atoms with Crippen LogP contribution in [0.5, 0.6) is 0 Å². The lowest BCUT2D eigenvalue weighted by molar-refractivity contribution is 0.0553. The second kappa shape index (κ2) is 6.05. The number of nitrogens with one attached hydrogen (secondary N) is 1. The highest BCUT2D eigenvalue weighted by Crippen LogP contribution is 2.26. The first kappa shape index (κ1) is 14.8. The molecule has 1 aliphatic heterocycles. The number of amides is 1. The van der Waals surface area contributed by atoms with Crippen LogP contribution in [0.25, 0.3) is 11.0 Å². The highest BCUT2D eigenvalue weighted by atomic mass is 16.5. The number of rotatable bonds is 3. The number of aromatic nitrogens is 3. The smallest absolute Gasteiger partial charge is 0.252 e. The molecule has 1 aromatic carbocycles. The summed E-state index contributed by atoms with van der Waals surface area (Å²) in [4.78, 5) is 20.9. The molecule has 24 heavy (non-hydrogen) atoms. The standard InChI is InChI=1S/C18H18N4O2/c1-12-4-5-16-15(7-12)21-17-11-24-10-14(22(16)17)9-20-18(23)13-3-2-6-19-8-13/h2-8,14H,9-11H2,1H3,(H,20,23)/t14-/m0/s1. The largest absolute Gasteiger partial charge is 0.371 e. The summed E-state index contributed by atoms with van der Waals surface area (Å²) in [5.74, 6) is 0.776. The van der Waals surface area contributed by atoms with E-state index in [9.17, 15) is 4.79 Å². The van der Waals surface area contributed by atoms with Crippen LogP contribution in [-0.2, 0) is 11.3 Å². The van der Waals surface area contributed by atoms with E-state index in [4.69, 9.17) is 4.74 Å². The summed E-state index contributed by atoms with van der Waals surface area (Å²) in [6, 6.07) is 9.78. The van der Waals surface area contributed by atoms with Crippen molar-refractivity contribution >= 4 is 16.9 Å². The Kier molecular flexibility index (Phi) is 3.74. The normalized spacial score (nSPS) is 16.8. The molecule has 1 amide bonds. The number of aryl methyl sites for hydroxylation is 1. The minimum atomic E-state index is -0.129. The van der Waals surface area contributed by atoms with E-state index in [1.165, 1.54) is 5.56 Å². The number of hydrogen-bond donors (Lipinski definition) is 1. The van der Waals surface area contributed by atoms with Gasteiger partial charge in [-0.1, -0.05) is 6.07 Å². The SMILES string of the molecule is Cc1ccc2c(c1)nc1n2[C@@H](CNC(=O)c2cccnc2)COC1. The molecule has 0 unspecified atom stereocenters. The molecule has 1 aliphatic rings. The van der Waals surface area contributed by atoms with E-state index in [2.05, 4.69) is 45.0 Å². The molecule has 3 heterocycles. The Bertz CT molecular complexity index is 889. The summed E-state index contributed by atoms with van der Waals surface area (Å²) in [7, 11) is 0. The monoisotopic (exact) mass is 322 g/mol. The molecule has 3 aromatic rings. The fourth-order valence-corrected chi connectivity index (χ4v) is 3.09. The maximum absolute atomic E-state index is 12.2. The van der Waals surface area contributed by atoms with Gasteiger partial charge in [0.1, 0.15) is 12.4 Å². The molecule has 6 heteroatoms. The van der Waals surface area contributed by atoms with E-state index in [-0.39, 0.29) is 11.9 Å². The minimum absolute atomic E-state index is 0.0297. The first-order valence-corrected chi connectivity index (χ1v) is 7.96. The number of imidazole rings is 1. The molecule has 4 rings (SSSR count). The van der Waals surface area contributed by atoms with Gasteiger partial charge in [-0.2, -0.15) is 0 Å². The van der Waals surface area contributed by atoms with Crippen LogP contribution in [-0.4, -0.2) is 33.6 Å². The Hall–Kier alpha value is -2.73. The lowest BCUT2D eigenvalue weighted by Crippen LogP contribution is -2.35. The van der Waals surface area contributed by atoms with Crippen LogP contribution in [0, 0.1) is 6.92 Å². The average Bonchev–Trinajstić information content (AvgIpc) is 2.98. The molecule has 0 aliphatic carbocycles. The zero-order valence-corrected chi connectivity index (χ0v) is 13.4. The summed E-state index contributed by atoms with van der Waals surface area (Å²) >= 11 is 0. The average molecular weight is 322 g/mol. The van der Waals surface area contributed by atoms with Gasteiger partial charge in [-0.3, -0.25) is 9.78 Å². The van der Waals surface area contributed by atoms with Crippen molar-refractivity contribution < 1.29 is 9.53 Å². The molecule has 0 fully saturated rings. The third kappa shape index (κ3) is 2.65. The topological polar surface area (TPSA) is 69.0 Å². The van der Waals surface area contributed by atoms with Crippen LogP contribution in [0.1, 0.15) is 27.8 Å². The number of pyridine rings is 1. The Morgan fingerprint density at radius 2 is 2.33 bits per heavy atom. The molecule has 122 valence electrons. The van der Waals surface area contributed by atoms with E-state index in [0.29, 0.717) is 25.3 Å². The van der Waals surface area contributed by atoms with Gasteiger partial charge in [0.15, 0.2) is 0 Å². The molecule has 0 spiro atoms. The molecule has 1 N–H and O–H groups in total. The summed E-state index contributed by atoms with van der Waals surface area (Å²) in [6.07, 6.45) is 3.21. The number of fused-ring (bicyclic) bond motifs is 3. The Balaban J connectivity index is 1.58. The number of nitrogens with zero attached hydrogens (tertiary/aromatic N) is 3. The van der Waals surface area contributed by atoms with Gasteiger partial charge in [-0.25, -0.2) is 4.98 Å². The zero-order valence-electron chi connectivity index (χ0n) is 13.4. The maximum Gasteiger partial charge on any atom is 0.252 e. The van der Waals surface area contributed by atoms with Crippen molar-refractivity contribution in [1.29, 1.82) is 0 Å². The zero-order chi connectivity index (χ0) is 16.5. The fraction of sp³-hybridized carbons (Fsp3) is 0.278. The lowest BCUT2D eigenvalue weighted by Gasteiger charge is -2.26. The van der Waals surface area contributed by atoms with Gasteiger partial charge in [0.05, 0.1) is 29.2 Å². The first-order chi connectivity index (χ1) is 11.7. The fourth-order valence-electron chi connectivity index (χ4n) is 3.09. The second-order valence-corrected chi connectivity index (χ2v) is 6.01. The molecule has 0 bridgehead atoms. The molecule has 0 saturated carbocycles. The summed E-state index contributed by atoms with van der Waals surface area (Å²) in [5.41, 5.74) is 3.79. The third-order valence-corrected chi connectivity index (χ3v) is 4.25. The molecule has 1 atom stereocenters. The van der Waals surface area contributed by atoms with Gasteiger partial charge in [0.25, 0.3) is 5.91 Å². The quantitative estimate of drug-likeness (QED) is 0.803. The van der Waals surface area contributed by atoms with Gasteiger partial charge < -0.3 is 14.6 Å². The van der Waals surface area contributed by atoms with Crippen molar-refractivity contribution in [3.8, 4) is 0 Å². The van der Waals surface area contributed by atoms with E-state index < -0.39 is 0 Å². The molecule has 0 radical (unpaired) electrons. The van der Waals surface area contributed by atoms with Crippen LogP contribution in [0.2, 0.25) is 0 Å². The number of carbonyl (C=O) groups is 1. The molecular weight excluding hydrogens is 304 g/mol. The third-order valence-electron chi connectivity index (χ3n) is 4.25. The van der Waals surface area contributed by atoms with Gasteiger partial charge in [0, 0.05) is 18.9 Å². The molecule has 6 nitrogen and oxygen atoms in total. The molecule has 2 aromatic heterocycles. The summed E-state index contributed by atoms with van der Waals surface area (Å²) in [6.45, 7) is 3.60. The van der Waals surface area contributed by atoms with Crippen molar-refractivity contribution in [1.82, 2.24) is 19.9 Å². The first-order valence-electron chi connectivity index (χ1n) is 7.96. The lowest BCUT2D eigenvalue weighted by atomic mass is 10.2. The Morgan fingerprint density at radius 3 is 3.17 bits per heavy atom. The van der Waals surface area contributed by atoms with E-state index in [0.717, 1.165) is 16.9 Å². The number of carbonyl (C=O) groups excluding carboxylic acids is 1. The Labute approximate surface area is 139 Å². The van der Waals surface area contributed by atoms with Crippen molar-refractivity contribution in [2.24, 2.45) is 0 Å². The van der Waals surface area contributed by atoms with Crippen LogP contribution >= 0.6 is 0 Å². The van der Waals surface area contributed by atoms with Crippen molar-refractivity contribution in [3.05, 3.63) is 59.7 Å². The van der Waals surface area contributed by atoms with Crippen molar-refractivity contribution in [2.45, 2.75) is 19.6 Å². The minimum Gasteiger partial charge on any atom is -0.371 e. The van der Waals surface area contributed by atoms with Crippen LogP contribution in [0.15, 0.2) is 42.7 Å². The van der Waals surface area contributed by atoms with Crippen LogP contribution in [0.3, 0.4) is 0 Å². The second-order valence-electron chi connectivity index (χ2n) is 6.01. The van der Waals surface area contributed by atoms with Gasteiger partial charge in [-0.15, -0.1) is 0 Å². The van der Waals surface area contributed by atoms with E-state index >= 15 is 0 Å². The Morgan fingerprint density at radius 1 is 1.42 bits per heavy atom. The summed E-state index contributed by atoms with van der Waals surface area (Å²) in [5, 5.41) is 2.97. The maximum atomic E-state index is 12.2. The van der Waals surface area contributed by atoms with Crippen molar-refractivity contribution in [3.63, 3.8) is 0 Å². The van der Waals surface area contributed by atoms with Crippen LogP contribution in [0.4, 0.5) is 0 Å². The van der Waals surface area contributed by atoms with Gasteiger partial charge in [0.2, 0.25) is 0 Å². The molecular formula is C18H18N4O2. The summed E-state index contributed by atoms with van der Waals surface area (Å²) < 4.78 is 7.84. The predicted octanol–water partition coefficient (Wildman–Crippen LogP) is 2.24. The highest BCUT2D eigenvalue weighted by molar-refractivity contribution is 5.93. The highest BCUT2D eigenvalue weighted by Gasteiger charge is 2.24. The number of benzene rings is 1. The van der Waals surface area contributed by atoms with Gasteiger partial charge >= 0.3 is 0 Å². The molecule has 0 saturated heterocycles. The van der Waals surface area contributed by atoms with Crippen molar-refractivity contribution in [2.75, 3.05) is 13.2 Å². The number of ether oxygens (including phenoxy) is 1.